The zero-order chi connectivity index (χ0) is 15.2. The fraction of sp³-hybridized carbons (Fsp3) is 0.400. The molecule has 0 radical (unpaired) electrons. The van der Waals surface area contributed by atoms with Gasteiger partial charge in [0.05, 0.1) is 31.7 Å². The number of methoxy groups -OCH3 is 1. The molecule has 0 aliphatic carbocycles. The van der Waals surface area contributed by atoms with Crippen LogP contribution in [0.2, 0.25) is 0 Å². The van der Waals surface area contributed by atoms with Gasteiger partial charge in [-0.05, 0) is 6.08 Å². The molecule has 1 aromatic heterocycles. The molecule has 1 atom stereocenters. The number of carbonyl (C=O) groups is 1. The van der Waals surface area contributed by atoms with Gasteiger partial charge in [0.25, 0.3) is 0 Å². The van der Waals surface area contributed by atoms with Crippen molar-refractivity contribution in [2.75, 3.05) is 20.2 Å². The summed E-state index contributed by atoms with van der Waals surface area (Å²) < 4.78 is 42.7. The molecule has 22 heavy (non-hydrogen) atoms. The molecule has 1 fully saturated rings. The molecule has 3 rings (SSSR count). The van der Waals surface area contributed by atoms with Crippen LogP contribution in [0.3, 0.4) is 0 Å². The number of nitrogens with zero attached hydrogens (tertiary/aromatic N) is 4. The van der Waals surface area contributed by atoms with Crippen molar-refractivity contribution in [3.63, 3.8) is 0 Å². The first kappa shape index (κ1) is 17.2. The predicted molar refractivity (Wildman–Crippen MR) is 66.4 cm³/mol. The Morgan fingerprint density at radius 2 is 2.18 bits per heavy atom. The van der Waals surface area contributed by atoms with Crippen LogP contribution in [0.1, 0.15) is 0 Å². The van der Waals surface area contributed by atoms with Crippen molar-refractivity contribution < 1.29 is 56.3 Å². The van der Waals surface area contributed by atoms with E-state index in [1.807, 2.05) is 0 Å². The summed E-state index contributed by atoms with van der Waals surface area (Å²) in [5, 5.41) is 4.64. The van der Waals surface area contributed by atoms with Crippen LogP contribution in [-0.2, 0) is 14.7 Å². The maximum atomic E-state index is 11.9. The number of rotatable bonds is 4. The normalized spacial score (nSPS) is 20.7. The molecule has 2 amide bonds. The molecule has 0 aromatic carbocycles. The monoisotopic (exact) mass is 338 g/mol. The van der Waals surface area contributed by atoms with E-state index in [1.54, 1.807) is 12.3 Å². The number of hydroxylamine groups is 2. The molecular weight excluding hydrogens is 327 g/mol. The molecule has 3 heterocycles. The Hall–Kier alpha value is -1.11. The molecule has 0 spiro atoms. The molecule has 0 N–H and O–H groups in total. The Morgan fingerprint density at radius 3 is 2.77 bits per heavy atom. The molecule has 1 aromatic rings. The maximum Gasteiger partial charge on any atom is 1.00 e. The summed E-state index contributed by atoms with van der Waals surface area (Å²) >= 11 is 0. The van der Waals surface area contributed by atoms with E-state index in [1.165, 1.54) is 22.9 Å². The second kappa shape index (κ2) is 6.18. The number of carbonyl (C=O) groups excluding carboxylic acids is 1. The van der Waals surface area contributed by atoms with E-state index >= 15 is 0 Å². The standard InChI is InChI=1S/C10H12N4O6S.Na/c1-19-9-3-11-13(6-9)7-2-8-5-12(4-7)10(15)14(8)20-21(16,17)18;/h2-3,6,8H,4-5H2,1H3,(H,16,17,18);/q;+1/p-1. The van der Waals surface area contributed by atoms with Gasteiger partial charge in [-0.1, -0.05) is 0 Å². The van der Waals surface area contributed by atoms with Crippen molar-refractivity contribution in [2.24, 2.45) is 0 Å². The summed E-state index contributed by atoms with van der Waals surface area (Å²) in [4.78, 5) is 13.3. The van der Waals surface area contributed by atoms with Crippen LogP contribution in [0.4, 0.5) is 4.79 Å². The maximum absolute atomic E-state index is 11.9. The quantitative estimate of drug-likeness (QED) is 0.314. The largest absolute Gasteiger partial charge is 1.00 e. The Labute approximate surface area is 148 Å². The third-order valence-corrected chi connectivity index (χ3v) is 3.51. The molecule has 10 nitrogen and oxygen atoms in total. The minimum absolute atomic E-state index is 0. The van der Waals surface area contributed by atoms with Gasteiger partial charge in [-0.25, -0.2) is 17.9 Å². The van der Waals surface area contributed by atoms with Crippen LogP contribution in [0.15, 0.2) is 18.5 Å². The van der Waals surface area contributed by atoms with Gasteiger partial charge in [-0.15, -0.1) is 0 Å². The van der Waals surface area contributed by atoms with Crippen LogP contribution >= 0.6 is 0 Å². The predicted octanol–water partition coefficient (Wildman–Crippen LogP) is -3.75. The van der Waals surface area contributed by atoms with E-state index in [2.05, 4.69) is 9.38 Å². The zero-order valence-corrected chi connectivity index (χ0v) is 14.7. The molecule has 2 aliphatic rings. The SMILES string of the molecule is COc1cnn(C2=CC3CN(C2)C(=O)N3OS(=O)(=O)[O-])c1.[Na+]. The summed E-state index contributed by atoms with van der Waals surface area (Å²) in [7, 11) is -3.50. The number of ether oxygens (including phenoxy) is 1. The number of urea groups is 1. The minimum Gasteiger partial charge on any atom is -0.724 e. The van der Waals surface area contributed by atoms with Crippen molar-refractivity contribution in [1.82, 2.24) is 19.7 Å². The van der Waals surface area contributed by atoms with Crippen LogP contribution < -0.4 is 34.3 Å². The number of hydrogen-bond donors (Lipinski definition) is 0. The first-order chi connectivity index (χ1) is 9.87. The summed E-state index contributed by atoms with van der Waals surface area (Å²) in [5.74, 6) is 0.547. The summed E-state index contributed by atoms with van der Waals surface area (Å²) in [5.41, 5.74) is 0.650. The van der Waals surface area contributed by atoms with Gasteiger partial charge in [-0.2, -0.15) is 14.4 Å². The van der Waals surface area contributed by atoms with E-state index in [-0.39, 0.29) is 42.6 Å². The molecule has 1 unspecified atom stereocenters. The molecule has 2 aliphatic heterocycles. The van der Waals surface area contributed by atoms with E-state index in [0.717, 1.165) is 0 Å². The fourth-order valence-electron chi connectivity index (χ4n) is 2.29. The van der Waals surface area contributed by atoms with Crippen molar-refractivity contribution >= 4 is 22.1 Å². The summed E-state index contributed by atoms with van der Waals surface area (Å²) in [6, 6.07) is -1.34. The third kappa shape index (κ3) is 3.29. The second-order valence-corrected chi connectivity index (χ2v) is 5.49. The van der Waals surface area contributed by atoms with Gasteiger partial charge in [0.1, 0.15) is 6.04 Å². The number of aromatic nitrogens is 2. The molecular formula is C10H11N4NaO6S. The van der Waals surface area contributed by atoms with Gasteiger partial charge in [0.15, 0.2) is 5.75 Å². The van der Waals surface area contributed by atoms with Gasteiger partial charge < -0.3 is 14.2 Å². The van der Waals surface area contributed by atoms with Crippen LogP contribution in [0.25, 0.3) is 5.70 Å². The van der Waals surface area contributed by atoms with E-state index < -0.39 is 22.5 Å². The first-order valence-corrected chi connectivity index (χ1v) is 7.24. The van der Waals surface area contributed by atoms with E-state index in [4.69, 9.17) is 4.74 Å². The Morgan fingerprint density at radius 1 is 1.45 bits per heavy atom. The second-order valence-electron chi connectivity index (χ2n) is 4.52. The average molecular weight is 338 g/mol. The van der Waals surface area contributed by atoms with Crippen molar-refractivity contribution in [2.45, 2.75) is 6.04 Å². The summed E-state index contributed by atoms with van der Waals surface area (Å²) in [6.07, 6.45) is 4.75. The van der Waals surface area contributed by atoms with E-state index in [9.17, 15) is 17.8 Å². The fourth-order valence-corrected chi connectivity index (χ4v) is 2.66. The van der Waals surface area contributed by atoms with Gasteiger partial charge >= 0.3 is 35.6 Å². The Kier molecular flexibility index (Phi) is 4.84. The minimum atomic E-state index is -5.00. The molecule has 114 valence electrons. The van der Waals surface area contributed by atoms with Crippen LogP contribution in [-0.4, -0.2) is 65.0 Å². The Bertz CT molecular complexity index is 717. The molecule has 0 saturated carbocycles. The molecule has 1 saturated heterocycles. The van der Waals surface area contributed by atoms with Gasteiger partial charge in [-0.3, -0.25) is 0 Å². The first-order valence-electron chi connectivity index (χ1n) is 5.90. The molecule has 2 bridgehead atoms. The van der Waals surface area contributed by atoms with Crippen LogP contribution in [0.5, 0.6) is 5.75 Å². The van der Waals surface area contributed by atoms with Crippen molar-refractivity contribution in [1.29, 1.82) is 0 Å². The summed E-state index contributed by atoms with van der Waals surface area (Å²) in [6.45, 7) is 0.467. The number of hydrogen-bond acceptors (Lipinski definition) is 7. The third-order valence-electron chi connectivity index (χ3n) is 3.17. The van der Waals surface area contributed by atoms with Crippen molar-refractivity contribution in [3.8, 4) is 5.75 Å². The van der Waals surface area contributed by atoms with Crippen LogP contribution in [0, 0.1) is 0 Å². The Balaban J connectivity index is 0.00000176. The van der Waals surface area contributed by atoms with Gasteiger partial charge in [0.2, 0.25) is 10.4 Å². The topological polar surface area (TPSA) is 117 Å². The van der Waals surface area contributed by atoms with E-state index in [0.29, 0.717) is 16.5 Å². The zero-order valence-electron chi connectivity index (χ0n) is 11.9. The number of amides is 2. The van der Waals surface area contributed by atoms with Crippen molar-refractivity contribution in [3.05, 3.63) is 18.5 Å². The number of fused-ring (bicyclic) bond motifs is 2. The smallest absolute Gasteiger partial charge is 0.724 e. The average Bonchev–Trinajstić information content (AvgIpc) is 2.97. The van der Waals surface area contributed by atoms with Gasteiger partial charge in [0, 0.05) is 6.54 Å². The molecule has 12 heteroatoms.